The average molecular weight is 398 g/mol. The Balaban J connectivity index is 1.65. The number of anilines is 1. The molecule has 1 aromatic carbocycles. The van der Waals surface area contributed by atoms with E-state index < -0.39 is 12.4 Å². The number of ether oxygens (including phenoxy) is 2. The number of benzene rings is 1. The van der Waals surface area contributed by atoms with E-state index in [2.05, 4.69) is 15.3 Å². The number of amides is 1. The molecule has 4 rings (SSSR count). The van der Waals surface area contributed by atoms with Gasteiger partial charge in [-0.2, -0.15) is 0 Å². The summed E-state index contributed by atoms with van der Waals surface area (Å²) in [4.78, 5) is 19.4. The molecule has 7 nitrogen and oxygen atoms in total. The molecule has 1 aliphatic heterocycles. The summed E-state index contributed by atoms with van der Waals surface area (Å²) < 4.78 is 11.0. The van der Waals surface area contributed by atoms with Crippen LogP contribution in [0.5, 0.6) is 0 Å². The van der Waals surface area contributed by atoms with E-state index in [1.54, 1.807) is 36.8 Å². The number of nitrogens with one attached hydrogen (secondary N) is 1. The maximum atomic E-state index is 10.8. The maximum Gasteiger partial charge on any atom is 0.409 e. The van der Waals surface area contributed by atoms with Crippen LogP contribution in [0.2, 0.25) is 5.02 Å². The largest absolute Gasteiger partial charge is 0.465 e. The predicted octanol–water partition coefficient (Wildman–Crippen LogP) is 4.60. The summed E-state index contributed by atoms with van der Waals surface area (Å²) in [5.41, 5.74) is 4.50. The molecule has 0 unspecified atom stereocenters. The first-order chi connectivity index (χ1) is 13.6. The fourth-order valence-corrected chi connectivity index (χ4v) is 3.27. The second kappa shape index (κ2) is 7.93. The topological polar surface area (TPSA) is 93.6 Å². The van der Waals surface area contributed by atoms with Crippen LogP contribution in [0.15, 0.2) is 55.0 Å². The SMILES string of the molecule is O=C(O)Nc1ccc(-c2cncc(-c3ccnc(C4OCCO4)c3)c2)c(Cl)c1. The minimum absolute atomic E-state index is 0.403. The third-order valence-corrected chi connectivity index (χ3v) is 4.56. The lowest BCUT2D eigenvalue weighted by molar-refractivity contribution is -0.0472. The molecule has 1 saturated heterocycles. The van der Waals surface area contributed by atoms with Gasteiger partial charge in [-0.25, -0.2) is 4.79 Å². The van der Waals surface area contributed by atoms with Gasteiger partial charge >= 0.3 is 6.09 Å². The van der Waals surface area contributed by atoms with Gasteiger partial charge < -0.3 is 14.6 Å². The van der Waals surface area contributed by atoms with Gasteiger partial charge in [0.1, 0.15) is 0 Å². The van der Waals surface area contributed by atoms with E-state index in [1.807, 2.05) is 18.2 Å². The Morgan fingerprint density at radius 2 is 1.86 bits per heavy atom. The maximum absolute atomic E-state index is 10.8. The zero-order valence-electron chi connectivity index (χ0n) is 14.6. The van der Waals surface area contributed by atoms with Gasteiger partial charge in [0.15, 0.2) is 0 Å². The van der Waals surface area contributed by atoms with Crippen LogP contribution in [0.1, 0.15) is 12.0 Å². The molecule has 28 heavy (non-hydrogen) atoms. The highest BCUT2D eigenvalue weighted by molar-refractivity contribution is 6.33. The molecule has 3 aromatic rings. The number of halogens is 1. The number of nitrogens with zero attached hydrogens (tertiary/aromatic N) is 2. The summed E-state index contributed by atoms with van der Waals surface area (Å²) in [6.07, 6.45) is 3.59. The predicted molar refractivity (Wildman–Crippen MR) is 104 cm³/mol. The quantitative estimate of drug-likeness (QED) is 0.668. The standard InChI is InChI=1S/C20H16ClN3O4/c21-17-9-15(24-20(25)26)1-2-16(17)14-7-13(10-22-11-14)12-3-4-23-18(8-12)19-27-5-6-28-19/h1-4,7-11,19,24H,5-6H2,(H,25,26). The molecular weight excluding hydrogens is 382 g/mol. The van der Waals surface area contributed by atoms with Crippen molar-refractivity contribution >= 4 is 23.4 Å². The van der Waals surface area contributed by atoms with E-state index in [-0.39, 0.29) is 0 Å². The Morgan fingerprint density at radius 1 is 1.07 bits per heavy atom. The zero-order chi connectivity index (χ0) is 19.5. The molecule has 0 spiro atoms. The summed E-state index contributed by atoms with van der Waals surface area (Å²) in [6, 6.07) is 10.7. The number of carbonyl (C=O) groups is 1. The zero-order valence-corrected chi connectivity index (χ0v) is 15.4. The second-order valence-electron chi connectivity index (χ2n) is 6.13. The highest BCUT2D eigenvalue weighted by atomic mass is 35.5. The lowest BCUT2D eigenvalue weighted by Gasteiger charge is -2.11. The number of hydrogen-bond acceptors (Lipinski definition) is 5. The van der Waals surface area contributed by atoms with Gasteiger partial charge in [0, 0.05) is 41.0 Å². The van der Waals surface area contributed by atoms with Crippen molar-refractivity contribution < 1.29 is 19.4 Å². The van der Waals surface area contributed by atoms with Gasteiger partial charge in [-0.1, -0.05) is 17.7 Å². The molecular formula is C20H16ClN3O4. The van der Waals surface area contributed by atoms with Crippen LogP contribution in [0.25, 0.3) is 22.3 Å². The molecule has 1 aliphatic rings. The number of carboxylic acid groups (broad SMARTS) is 1. The molecule has 0 radical (unpaired) electrons. The van der Waals surface area contributed by atoms with E-state index >= 15 is 0 Å². The van der Waals surface area contributed by atoms with Crippen molar-refractivity contribution in [3.63, 3.8) is 0 Å². The monoisotopic (exact) mass is 397 g/mol. The van der Waals surface area contributed by atoms with Crippen molar-refractivity contribution in [3.8, 4) is 22.3 Å². The van der Waals surface area contributed by atoms with E-state index in [1.165, 1.54) is 0 Å². The number of pyridine rings is 2. The fraction of sp³-hybridized carbons (Fsp3) is 0.150. The molecule has 2 aromatic heterocycles. The van der Waals surface area contributed by atoms with E-state index in [0.29, 0.717) is 29.6 Å². The van der Waals surface area contributed by atoms with Gasteiger partial charge in [-0.3, -0.25) is 15.3 Å². The molecule has 3 heterocycles. The first-order valence-electron chi connectivity index (χ1n) is 8.54. The van der Waals surface area contributed by atoms with Crippen LogP contribution < -0.4 is 5.32 Å². The lowest BCUT2D eigenvalue weighted by atomic mass is 10.0. The number of rotatable bonds is 4. The Hall–Kier alpha value is -3.00. The molecule has 0 saturated carbocycles. The van der Waals surface area contributed by atoms with Gasteiger partial charge in [-0.15, -0.1) is 0 Å². The van der Waals surface area contributed by atoms with Gasteiger partial charge in [-0.05, 0) is 35.9 Å². The average Bonchev–Trinajstić information content (AvgIpc) is 3.23. The number of hydrogen-bond donors (Lipinski definition) is 2. The van der Waals surface area contributed by atoms with Gasteiger partial charge in [0.2, 0.25) is 6.29 Å². The molecule has 8 heteroatoms. The smallest absolute Gasteiger partial charge is 0.409 e. The highest BCUT2D eigenvalue weighted by Gasteiger charge is 2.20. The van der Waals surface area contributed by atoms with Gasteiger partial charge in [0.05, 0.1) is 23.9 Å². The van der Waals surface area contributed by atoms with Crippen LogP contribution in [0.4, 0.5) is 10.5 Å². The molecule has 2 N–H and O–H groups in total. The summed E-state index contributed by atoms with van der Waals surface area (Å²) >= 11 is 6.35. The second-order valence-corrected chi connectivity index (χ2v) is 6.54. The van der Waals surface area contributed by atoms with Crippen LogP contribution in [-0.4, -0.2) is 34.4 Å². The number of aromatic nitrogens is 2. The molecule has 1 amide bonds. The summed E-state index contributed by atoms with van der Waals surface area (Å²) in [7, 11) is 0. The Kier molecular flexibility index (Phi) is 5.21. The Labute approximate surface area is 165 Å². The molecule has 0 atom stereocenters. The fourth-order valence-electron chi connectivity index (χ4n) is 2.98. The van der Waals surface area contributed by atoms with Gasteiger partial charge in [0.25, 0.3) is 0 Å². The third kappa shape index (κ3) is 3.96. The van der Waals surface area contributed by atoms with Crippen LogP contribution in [-0.2, 0) is 9.47 Å². The Bertz CT molecular complexity index is 1020. The minimum atomic E-state index is -1.14. The first kappa shape index (κ1) is 18.4. The van der Waals surface area contributed by atoms with Crippen molar-refractivity contribution in [3.05, 3.63) is 65.7 Å². The van der Waals surface area contributed by atoms with E-state index in [9.17, 15) is 4.79 Å². The lowest BCUT2D eigenvalue weighted by Crippen LogP contribution is -2.06. The summed E-state index contributed by atoms with van der Waals surface area (Å²) in [5.74, 6) is 0. The van der Waals surface area contributed by atoms with E-state index in [0.717, 1.165) is 22.3 Å². The Morgan fingerprint density at radius 3 is 2.61 bits per heavy atom. The molecule has 0 aliphatic carbocycles. The van der Waals surface area contributed by atoms with Crippen molar-refractivity contribution in [2.75, 3.05) is 18.5 Å². The van der Waals surface area contributed by atoms with Crippen LogP contribution in [0, 0.1) is 0 Å². The molecule has 142 valence electrons. The first-order valence-corrected chi connectivity index (χ1v) is 8.92. The summed E-state index contributed by atoms with van der Waals surface area (Å²) in [6.45, 7) is 1.11. The van der Waals surface area contributed by atoms with Crippen LogP contribution >= 0.6 is 11.6 Å². The van der Waals surface area contributed by atoms with Crippen LogP contribution in [0.3, 0.4) is 0 Å². The normalized spacial score (nSPS) is 14.2. The molecule has 0 bridgehead atoms. The van der Waals surface area contributed by atoms with E-state index in [4.69, 9.17) is 26.2 Å². The van der Waals surface area contributed by atoms with Crippen molar-refractivity contribution in [2.45, 2.75) is 6.29 Å². The summed E-state index contributed by atoms with van der Waals surface area (Å²) in [5, 5.41) is 11.5. The minimum Gasteiger partial charge on any atom is -0.465 e. The third-order valence-electron chi connectivity index (χ3n) is 4.25. The van der Waals surface area contributed by atoms with Crippen molar-refractivity contribution in [1.82, 2.24) is 9.97 Å². The highest BCUT2D eigenvalue weighted by Crippen LogP contribution is 2.33. The molecule has 1 fully saturated rings. The van der Waals surface area contributed by atoms with Crippen molar-refractivity contribution in [2.24, 2.45) is 0 Å². The van der Waals surface area contributed by atoms with Crippen molar-refractivity contribution in [1.29, 1.82) is 0 Å².